The molecule has 2 amide bonds. The second kappa shape index (κ2) is 7.19. The van der Waals surface area contributed by atoms with Crippen LogP contribution in [0.4, 0.5) is 16.2 Å². The number of para-hydroxylation sites is 1. The molecule has 1 saturated heterocycles. The van der Waals surface area contributed by atoms with Crippen LogP contribution in [0.15, 0.2) is 53.5 Å². The molecule has 1 atom stereocenters. The number of benzene rings is 2. The monoisotopic (exact) mass is 375 g/mol. The lowest BCUT2D eigenvalue weighted by molar-refractivity contribution is 0.181. The van der Waals surface area contributed by atoms with Crippen LogP contribution < -0.4 is 10.6 Å². The lowest BCUT2D eigenvalue weighted by Gasteiger charge is -2.39. The summed E-state index contributed by atoms with van der Waals surface area (Å²) < 4.78 is 0. The highest BCUT2D eigenvalue weighted by molar-refractivity contribution is 5.97. The molecule has 0 aromatic heterocycles. The molecular formula is C22H25N5O. The number of carbonyl (C=O) groups excluding carboxylic acids is 1. The molecule has 0 saturated carbocycles. The summed E-state index contributed by atoms with van der Waals surface area (Å²) in [7, 11) is 0. The van der Waals surface area contributed by atoms with Crippen molar-refractivity contribution >= 4 is 23.4 Å². The van der Waals surface area contributed by atoms with Crippen molar-refractivity contribution in [3.63, 3.8) is 0 Å². The van der Waals surface area contributed by atoms with Gasteiger partial charge in [0.1, 0.15) is 0 Å². The van der Waals surface area contributed by atoms with Gasteiger partial charge in [0, 0.05) is 43.1 Å². The van der Waals surface area contributed by atoms with E-state index in [0.29, 0.717) is 13.1 Å². The van der Waals surface area contributed by atoms with Gasteiger partial charge in [-0.05, 0) is 43.0 Å². The fourth-order valence-corrected chi connectivity index (χ4v) is 4.40. The molecule has 1 fully saturated rings. The second-order valence-corrected chi connectivity index (χ2v) is 7.63. The number of anilines is 2. The standard InChI is InChI=1S/C22H25N5O/c28-22(23-17-8-2-1-3-9-17)27-14-12-26(13-15-27)21-24-18-10-4-6-16-7-5-11-19(25-21)20(16)18/h1-4,6,8-10,19H,5,7,11-15H2,(H,23,28)(H,24,25). The summed E-state index contributed by atoms with van der Waals surface area (Å²) in [6, 6.07) is 16.4. The Morgan fingerprint density at radius 2 is 1.86 bits per heavy atom. The highest BCUT2D eigenvalue weighted by atomic mass is 16.2. The fourth-order valence-electron chi connectivity index (χ4n) is 4.40. The molecule has 2 aromatic carbocycles. The Kier molecular flexibility index (Phi) is 4.39. The minimum Gasteiger partial charge on any atom is -0.339 e. The van der Waals surface area contributed by atoms with Crippen LogP contribution in [0, 0.1) is 0 Å². The van der Waals surface area contributed by atoms with Crippen molar-refractivity contribution in [2.75, 3.05) is 36.8 Å². The van der Waals surface area contributed by atoms with E-state index in [9.17, 15) is 4.79 Å². The van der Waals surface area contributed by atoms with Crippen LogP contribution >= 0.6 is 0 Å². The average Bonchev–Trinajstić information content (AvgIpc) is 2.75. The maximum absolute atomic E-state index is 12.5. The minimum atomic E-state index is -0.0355. The van der Waals surface area contributed by atoms with Crippen LogP contribution in [0.1, 0.15) is 30.0 Å². The Balaban J connectivity index is 1.24. The van der Waals surface area contributed by atoms with Gasteiger partial charge in [-0.15, -0.1) is 0 Å². The van der Waals surface area contributed by atoms with Crippen LogP contribution in [0.3, 0.4) is 0 Å². The maximum atomic E-state index is 12.5. The van der Waals surface area contributed by atoms with E-state index < -0.39 is 0 Å². The van der Waals surface area contributed by atoms with Crippen molar-refractivity contribution in [1.82, 2.24) is 9.80 Å². The zero-order chi connectivity index (χ0) is 18.9. The molecule has 2 N–H and O–H groups in total. The smallest absolute Gasteiger partial charge is 0.321 e. The Hall–Kier alpha value is -3.02. The van der Waals surface area contributed by atoms with E-state index in [-0.39, 0.29) is 12.1 Å². The summed E-state index contributed by atoms with van der Waals surface area (Å²) in [5.74, 6) is 0.958. The van der Waals surface area contributed by atoms with E-state index >= 15 is 0 Å². The third-order valence-corrected chi connectivity index (χ3v) is 5.87. The van der Waals surface area contributed by atoms with Gasteiger partial charge in [-0.3, -0.25) is 0 Å². The van der Waals surface area contributed by atoms with E-state index in [1.807, 2.05) is 35.2 Å². The van der Waals surface area contributed by atoms with Crippen molar-refractivity contribution in [1.29, 1.82) is 0 Å². The van der Waals surface area contributed by atoms with Gasteiger partial charge < -0.3 is 20.4 Å². The van der Waals surface area contributed by atoms with E-state index in [4.69, 9.17) is 4.99 Å². The number of rotatable bonds is 1. The van der Waals surface area contributed by atoms with Gasteiger partial charge in [0.2, 0.25) is 0 Å². The number of hydrogen-bond donors (Lipinski definition) is 2. The second-order valence-electron chi connectivity index (χ2n) is 7.63. The number of nitrogens with one attached hydrogen (secondary N) is 2. The normalized spacial score (nSPS) is 20.7. The number of guanidine groups is 1. The van der Waals surface area contributed by atoms with Gasteiger partial charge in [-0.1, -0.05) is 30.3 Å². The van der Waals surface area contributed by atoms with Crippen molar-refractivity contribution in [3.8, 4) is 0 Å². The number of aliphatic imine (C=N–C) groups is 1. The molecule has 28 heavy (non-hydrogen) atoms. The molecule has 3 aliphatic rings. The Morgan fingerprint density at radius 1 is 1.04 bits per heavy atom. The van der Waals surface area contributed by atoms with Gasteiger partial charge in [0.25, 0.3) is 0 Å². The number of piperazine rings is 1. The first-order valence-electron chi connectivity index (χ1n) is 10.1. The molecule has 5 rings (SSSR count). The Labute approximate surface area is 165 Å². The largest absolute Gasteiger partial charge is 0.339 e. The minimum absolute atomic E-state index is 0.0355. The lowest BCUT2D eigenvalue weighted by Crippen LogP contribution is -2.53. The highest BCUT2D eigenvalue weighted by Gasteiger charge is 2.30. The maximum Gasteiger partial charge on any atom is 0.321 e. The van der Waals surface area contributed by atoms with Crippen molar-refractivity contribution < 1.29 is 4.79 Å². The van der Waals surface area contributed by atoms with Crippen molar-refractivity contribution in [2.45, 2.75) is 25.3 Å². The molecular weight excluding hydrogens is 350 g/mol. The van der Waals surface area contributed by atoms with Gasteiger partial charge in [-0.25, -0.2) is 9.79 Å². The molecule has 0 spiro atoms. The summed E-state index contributed by atoms with van der Waals surface area (Å²) >= 11 is 0. The number of nitrogens with zero attached hydrogens (tertiary/aromatic N) is 3. The fraction of sp³-hybridized carbons (Fsp3) is 0.364. The van der Waals surface area contributed by atoms with Crippen LogP contribution in [0.5, 0.6) is 0 Å². The molecule has 2 heterocycles. The van der Waals surface area contributed by atoms with E-state index in [1.165, 1.54) is 23.2 Å². The quantitative estimate of drug-likeness (QED) is 0.799. The zero-order valence-corrected chi connectivity index (χ0v) is 15.9. The van der Waals surface area contributed by atoms with Gasteiger partial charge in [0.15, 0.2) is 5.96 Å². The number of hydrogen-bond acceptors (Lipinski definition) is 4. The topological polar surface area (TPSA) is 60.0 Å². The zero-order valence-electron chi connectivity index (χ0n) is 15.9. The molecule has 0 bridgehead atoms. The number of amides is 2. The van der Waals surface area contributed by atoms with E-state index in [2.05, 4.69) is 33.7 Å². The van der Waals surface area contributed by atoms with Crippen LogP contribution in [-0.4, -0.2) is 48.0 Å². The number of aryl methyl sites for hydroxylation is 1. The SMILES string of the molecule is O=C(Nc1ccccc1)N1CCN(C2=NC3CCCc4cccc(c43)N2)CC1. The highest BCUT2D eigenvalue weighted by Crippen LogP contribution is 2.40. The summed E-state index contributed by atoms with van der Waals surface area (Å²) in [5.41, 5.74) is 4.86. The lowest BCUT2D eigenvalue weighted by atomic mass is 9.86. The van der Waals surface area contributed by atoms with Crippen molar-refractivity contribution in [3.05, 3.63) is 59.7 Å². The van der Waals surface area contributed by atoms with Gasteiger partial charge >= 0.3 is 6.03 Å². The summed E-state index contributed by atoms with van der Waals surface area (Å²) in [5, 5.41) is 6.52. The molecule has 2 aliphatic heterocycles. The molecule has 6 nitrogen and oxygen atoms in total. The number of carbonyl (C=O) groups is 1. The van der Waals surface area contributed by atoms with Gasteiger partial charge in [-0.2, -0.15) is 0 Å². The molecule has 0 radical (unpaired) electrons. The van der Waals surface area contributed by atoms with Gasteiger partial charge in [0.05, 0.1) is 6.04 Å². The summed E-state index contributed by atoms with van der Waals surface area (Å²) in [6.07, 6.45) is 3.47. The predicted octanol–water partition coefficient (Wildman–Crippen LogP) is 3.70. The molecule has 144 valence electrons. The molecule has 1 unspecified atom stereocenters. The average molecular weight is 375 g/mol. The van der Waals surface area contributed by atoms with Crippen LogP contribution in [-0.2, 0) is 6.42 Å². The summed E-state index contributed by atoms with van der Waals surface area (Å²) in [4.78, 5) is 21.7. The molecule has 6 heteroatoms. The number of urea groups is 1. The Morgan fingerprint density at radius 3 is 2.68 bits per heavy atom. The summed E-state index contributed by atoms with van der Waals surface area (Å²) in [6.45, 7) is 2.96. The first kappa shape index (κ1) is 17.1. The first-order valence-corrected chi connectivity index (χ1v) is 10.1. The third-order valence-electron chi connectivity index (χ3n) is 5.87. The first-order chi connectivity index (χ1) is 13.8. The Bertz CT molecular complexity index is 902. The molecule has 1 aliphatic carbocycles. The van der Waals surface area contributed by atoms with Crippen LogP contribution in [0.25, 0.3) is 0 Å². The van der Waals surface area contributed by atoms with E-state index in [0.717, 1.165) is 37.6 Å². The van der Waals surface area contributed by atoms with E-state index in [1.54, 1.807) is 0 Å². The third kappa shape index (κ3) is 3.19. The molecule has 2 aromatic rings. The van der Waals surface area contributed by atoms with Crippen molar-refractivity contribution in [2.24, 2.45) is 4.99 Å². The van der Waals surface area contributed by atoms with Crippen LogP contribution in [0.2, 0.25) is 0 Å². The predicted molar refractivity (Wildman–Crippen MR) is 112 cm³/mol.